The van der Waals surface area contributed by atoms with Gasteiger partial charge in [-0.2, -0.15) is 0 Å². The van der Waals surface area contributed by atoms with Gasteiger partial charge in [0.15, 0.2) is 0 Å². The molecule has 4 amide bonds. The van der Waals surface area contributed by atoms with Crippen molar-refractivity contribution in [2.24, 2.45) is 11.7 Å². The van der Waals surface area contributed by atoms with Gasteiger partial charge in [0.1, 0.15) is 18.1 Å². The molecule has 0 spiro atoms. The first-order valence-corrected chi connectivity index (χ1v) is 14.9. The fourth-order valence-corrected chi connectivity index (χ4v) is 4.52. The fraction of sp³-hybridized carbons (Fsp3) is 0.371. The van der Waals surface area contributed by atoms with Crippen molar-refractivity contribution in [2.45, 2.75) is 71.2 Å². The summed E-state index contributed by atoms with van der Waals surface area (Å²) < 4.78 is 5.85. The maximum atomic E-state index is 13.7. The van der Waals surface area contributed by atoms with Crippen molar-refractivity contribution < 1.29 is 23.9 Å². The van der Waals surface area contributed by atoms with Crippen molar-refractivity contribution in [3.8, 4) is 11.1 Å². The Morgan fingerprint density at radius 2 is 1.23 bits per heavy atom. The lowest BCUT2D eigenvalue weighted by Crippen LogP contribution is -2.58. The highest BCUT2D eigenvalue weighted by Crippen LogP contribution is 2.19. The molecule has 3 atom stereocenters. The van der Waals surface area contributed by atoms with Crippen molar-refractivity contribution in [1.29, 1.82) is 0 Å². The molecule has 0 bridgehead atoms. The van der Waals surface area contributed by atoms with Crippen LogP contribution in [0.25, 0.3) is 11.1 Å². The number of hydrogen-bond acceptors (Lipinski definition) is 5. The molecule has 0 heterocycles. The quantitative estimate of drug-likeness (QED) is 0.221. The van der Waals surface area contributed by atoms with E-state index in [-0.39, 0.29) is 18.9 Å². The molecule has 0 aliphatic carbocycles. The maximum Gasteiger partial charge on any atom is 0.251 e. The average Bonchev–Trinajstić information content (AvgIpc) is 2.98. The molecule has 0 unspecified atom stereocenters. The summed E-state index contributed by atoms with van der Waals surface area (Å²) in [6, 6.07) is 23.1. The Morgan fingerprint density at radius 3 is 1.77 bits per heavy atom. The van der Waals surface area contributed by atoms with Crippen LogP contribution < -0.4 is 21.7 Å². The number of nitrogens with one attached hydrogen (secondary N) is 3. The van der Waals surface area contributed by atoms with Crippen LogP contribution >= 0.6 is 0 Å². The number of primary amides is 1. The van der Waals surface area contributed by atoms with Gasteiger partial charge in [0.2, 0.25) is 17.7 Å². The highest BCUT2D eigenvalue weighted by molar-refractivity contribution is 5.99. The molecule has 5 N–H and O–H groups in total. The molecule has 9 nitrogen and oxygen atoms in total. The first-order valence-electron chi connectivity index (χ1n) is 14.9. The molecular weight excluding hydrogens is 556 g/mol. The highest BCUT2D eigenvalue weighted by atomic mass is 16.5. The van der Waals surface area contributed by atoms with Crippen molar-refractivity contribution >= 4 is 23.6 Å². The molecule has 0 aliphatic heterocycles. The Labute approximate surface area is 259 Å². The predicted octanol–water partition coefficient (Wildman–Crippen LogP) is 4.01. The van der Waals surface area contributed by atoms with E-state index in [1.807, 2.05) is 107 Å². The summed E-state index contributed by atoms with van der Waals surface area (Å²) in [6.07, 6.45) is 0.532. The minimum absolute atomic E-state index is 0.0962. The third-order valence-electron chi connectivity index (χ3n) is 6.84. The molecule has 0 aromatic heterocycles. The Kier molecular flexibility index (Phi) is 12.2. The fourth-order valence-electron chi connectivity index (χ4n) is 4.52. The van der Waals surface area contributed by atoms with E-state index in [0.29, 0.717) is 12.0 Å². The minimum atomic E-state index is -1.14. The van der Waals surface area contributed by atoms with Gasteiger partial charge in [-0.05, 0) is 61.9 Å². The van der Waals surface area contributed by atoms with E-state index >= 15 is 0 Å². The number of rotatable bonds is 14. The van der Waals surface area contributed by atoms with Gasteiger partial charge in [-0.15, -0.1) is 0 Å². The van der Waals surface area contributed by atoms with E-state index in [1.54, 1.807) is 12.1 Å². The highest BCUT2D eigenvalue weighted by Gasteiger charge is 2.31. The van der Waals surface area contributed by atoms with Crippen LogP contribution in [0.3, 0.4) is 0 Å². The van der Waals surface area contributed by atoms with Gasteiger partial charge < -0.3 is 26.4 Å². The molecule has 9 heteroatoms. The molecule has 3 rings (SSSR count). The van der Waals surface area contributed by atoms with Crippen LogP contribution in [0.4, 0.5) is 0 Å². The Morgan fingerprint density at radius 1 is 0.705 bits per heavy atom. The first-order chi connectivity index (χ1) is 20.8. The number of hydrogen-bond donors (Lipinski definition) is 4. The number of carbonyl (C=O) groups excluding carboxylic acids is 4. The van der Waals surface area contributed by atoms with Crippen LogP contribution in [-0.2, 0) is 25.5 Å². The summed E-state index contributed by atoms with van der Waals surface area (Å²) in [7, 11) is 0. The van der Waals surface area contributed by atoms with Gasteiger partial charge in [0, 0.05) is 12.0 Å². The first kappa shape index (κ1) is 34.0. The van der Waals surface area contributed by atoms with Gasteiger partial charge in [-0.1, -0.05) is 86.6 Å². The maximum absolute atomic E-state index is 13.7. The standard InChI is InChI=1S/C35H44N4O5/c1-23(2)20-28(31(36)40)37-34(43)30(22-44-35(3,4)5)39-33(42)29(21-24-12-8-6-9-13-24)38-32(41)27-18-16-26(17-19-27)25-14-10-7-11-15-25/h6-19,23,28-30H,20-22H2,1-5H3,(H2,36,40)(H,37,43)(H,38,41)(H,39,42)/t28-,29-,30-/m0/s1. The van der Waals surface area contributed by atoms with Crippen molar-refractivity contribution in [3.05, 3.63) is 96.1 Å². The summed E-state index contributed by atoms with van der Waals surface area (Å²) in [6.45, 7) is 9.16. The molecule has 0 aliphatic rings. The smallest absolute Gasteiger partial charge is 0.251 e. The van der Waals surface area contributed by atoms with E-state index < -0.39 is 47.4 Å². The SMILES string of the molecule is CC(C)C[C@H](NC(=O)[C@H](COC(C)(C)C)NC(=O)[C@H](Cc1ccccc1)NC(=O)c1ccc(-c2ccccc2)cc1)C(N)=O. The second-order valence-electron chi connectivity index (χ2n) is 12.2. The lowest BCUT2D eigenvalue weighted by molar-refractivity contribution is -0.135. The van der Waals surface area contributed by atoms with E-state index in [9.17, 15) is 19.2 Å². The van der Waals surface area contributed by atoms with Gasteiger partial charge in [0.05, 0.1) is 12.2 Å². The van der Waals surface area contributed by atoms with Gasteiger partial charge >= 0.3 is 0 Å². The zero-order chi connectivity index (χ0) is 32.3. The number of benzene rings is 3. The molecular formula is C35H44N4O5. The van der Waals surface area contributed by atoms with E-state index in [2.05, 4.69) is 16.0 Å². The van der Waals surface area contributed by atoms with E-state index in [1.165, 1.54) is 0 Å². The Bertz CT molecular complexity index is 1390. The molecule has 234 valence electrons. The zero-order valence-corrected chi connectivity index (χ0v) is 26.1. The van der Waals surface area contributed by atoms with E-state index in [4.69, 9.17) is 10.5 Å². The van der Waals surface area contributed by atoms with Gasteiger partial charge in [0.25, 0.3) is 5.91 Å². The molecule has 44 heavy (non-hydrogen) atoms. The lowest BCUT2D eigenvalue weighted by Gasteiger charge is -2.28. The van der Waals surface area contributed by atoms with Gasteiger partial charge in [-0.25, -0.2) is 0 Å². The second-order valence-corrected chi connectivity index (χ2v) is 12.2. The summed E-state index contributed by atoms with van der Waals surface area (Å²) >= 11 is 0. The van der Waals surface area contributed by atoms with Crippen LogP contribution in [0.15, 0.2) is 84.9 Å². The second kappa shape index (κ2) is 15.8. The average molecular weight is 601 g/mol. The molecule has 0 saturated carbocycles. The van der Waals surface area contributed by atoms with Crippen molar-refractivity contribution in [1.82, 2.24) is 16.0 Å². The van der Waals surface area contributed by atoms with Crippen LogP contribution in [0.2, 0.25) is 0 Å². The molecule has 3 aromatic rings. The summed E-state index contributed by atoms with van der Waals surface area (Å²) in [5.41, 5.74) is 8.13. The van der Waals surface area contributed by atoms with Crippen LogP contribution in [0.1, 0.15) is 57.0 Å². The molecule has 0 fully saturated rings. The predicted molar refractivity (Wildman–Crippen MR) is 171 cm³/mol. The monoisotopic (exact) mass is 600 g/mol. The van der Waals surface area contributed by atoms with Crippen molar-refractivity contribution in [3.63, 3.8) is 0 Å². The third kappa shape index (κ3) is 11.0. The third-order valence-corrected chi connectivity index (χ3v) is 6.84. The van der Waals surface area contributed by atoms with Crippen LogP contribution in [-0.4, -0.2) is 54.0 Å². The number of carbonyl (C=O) groups is 4. The van der Waals surface area contributed by atoms with Crippen LogP contribution in [0, 0.1) is 5.92 Å². The Balaban J connectivity index is 1.82. The summed E-state index contributed by atoms with van der Waals surface area (Å²) in [5, 5.41) is 8.26. The number of ether oxygens (including phenoxy) is 1. The minimum Gasteiger partial charge on any atom is -0.373 e. The summed E-state index contributed by atoms with van der Waals surface area (Å²) in [4.78, 5) is 52.5. The largest absolute Gasteiger partial charge is 0.373 e. The normalized spacial score (nSPS) is 13.4. The zero-order valence-electron chi connectivity index (χ0n) is 26.1. The molecule has 0 saturated heterocycles. The number of nitrogens with two attached hydrogens (primary N) is 1. The van der Waals surface area contributed by atoms with Crippen LogP contribution in [0.5, 0.6) is 0 Å². The van der Waals surface area contributed by atoms with Crippen molar-refractivity contribution in [2.75, 3.05) is 6.61 Å². The lowest BCUT2D eigenvalue weighted by atomic mass is 10.0. The number of amides is 4. The Hall–Kier alpha value is -4.50. The topological polar surface area (TPSA) is 140 Å². The molecule has 3 aromatic carbocycles. The summed E-state index contributed by atoms with van der Waals surface area (Å²) in [5.74, 6) is -2.17. The van der Waals surface area contributed by atoms with Gasteiger partial charge in [-0.3, -0.25) is 19.2 Å². The molecule has 0 radical (unpaired) electrons. The van der Waals surface area contributed by atoms with E-state index in [0.717, 1.165) is 16.7 Å².